The van der Waals surface area contributed by atoms with E-state index in [1.165, 1.54) is 0 Å². The van der Waals surface area contributed by atoms with E-state index < -0.39 is 0 Å². The van der Waals surface area contributed by atoms with Crippen LogP contribution in [-0.2, 0) is 24.3 Å². The molecular weight excluding hydrogens is 344 g/mol. The number of rotatable bonds is 3. The molecule has 1 atom stereocenters. The van der Waals surface area contributed by atoms with Crippen molar-refractivity contribution in [1.29, 1.82) is 0 Å². The number of hydrogen-bond donors (Lipinski definition) is 0. The van der Waals surface area contributed by atoms with Gasteiger partial charge in [-0.05, 0) is 19.8 Å². The number of aromatic nitrogens is 5. The molecule has 140 valence electrons. The molecule has 3 aromatic rings. The Balaban J connectivity index is 1.48. The lowest BCUT2D eigenvalue weighted by atomic mass is 10.1. The molecule has 5 heterocycles. The van der Waals surface area contributed by atoms with Crippen LogP contribution in [-0.4, -0.2) is 43.6 Å². The van der Waals surface area contributed by atoms with Crippen molar-refractivity contribution in [2.24, 2.45) is 0 Å². The Labute approximate surface area is 156 Å². The Kier molecular flexibility index (Phi) is 3.93. The van der Waals surface area contributed by atoms with Crippen molar-refractivity contribution >= 4 is 11.5 Å². The van der Waals surface area contributed by atoms with E-state index in [0.29, 0.717) is 19.8 Å². The van der Waals surface area contributed by atoms with Gasteiger partial charge in [-0.3, -0.25) is 4.79 Å². The van der Waals surface area contributed by atoms with Crippen LogP contribution in [0.15, 0.2) is 29.2 Å². The zero-order chi connectivity index (χ0) is 18.4. The maximum Gasteiger partial charge on any atom is 0.267 e. The standard InChI is InChI=1S/C19H22N6O2/c1-13-9-18(25-17(21-13)4-6-20-25)23-7-2-3-15(23)11-24-19(26)10-14-12-27-8-5-16(14)22-24/h4,6,9-10,15H,2-3,5,7-8,11-12H2,1H3. The molecule has 8 nitrogen and oxygen atoms in total. The number of aryl methyl sites for hydroxylation is 1. The van der Waals surface area contributed by atoms with Crippen molar-refractivity contribution in [3.63, 3.8) is 0 Å². The van der Waals surface area contributed by atoms with E-state index in [1.54, 1.807) is 16.9 Å². The maximum atomic E-state index is 12.5. The summed E-state index contributed by atoms with van der Waals surface area (Å²) in [6.07, 6.45) is 4.65. The van der Waals surface area contributed by atoms with Gasteiger partial charge in [0.25, 0.3) is 5.56 Å². The van der Waals surface area contributed by atoms with Gasteiger partial charge in [0.2, 0.25) is 0 Å². The van der Waals surface area contributed by atoms with Gasteiger partial charge in [0.05, 0.1) is 37.7 Å². The van der Waals surface area contributed by atoms with Gasteiger partial charge >= 0.3 is 0 Å². The summed E-state index contributed by atoms with van der Waals surface area (Å²) in [4.78, 5) is 19.4. The minimum absolute atomic E-state index is 0.0544. The summed E-state index contributed by atoms with van der Waals surface area (Å²) in [5.41, 5.74) is 3.67. The van der Waals surface area contributed by atoms with Crippen LogP contribution in [0.5, 0.6) is 0 Å². The molecule has 5 rings (SSSR count). The molecule has 2 aliphatic heterocycles. The van der Waals surface area contributed by atoms with Crippen molar-refractivity contribution in [2.45, 2.75) is 45.4 Å². The van der Waals surface area contributed by atoms with Crippen LogP contribution in [0.3, 0.4) is 0 Å². The fourth-order valence-electron chi connectivity index (χ4n) is 4.13. The average molecular weight is 366 g/mol. The molecular formula is C19H22N6O2. The van der Waals surface area contributed by atoms with Crippen molar-refractivity contribution in [2.75, 3.05) is 18.1 Å². The summed E-state index contributed by atoms with van der Waals surface area (Å²) in [5.74, 6) is 1.03. The molecule has 3 aromatic heterocycles. The highest BCUT2D eigenvalue weighted by atomic mass is 16.5. The van der Waals surface area contributed by atoms with E-state index in [1.807, 2.05) is 17.5 Å². The van der Waals surface area contributed by atoms with Crippen LogP contribution >= 0.6 is 0 Å². The molecule has 2 aliphatic rings. The second-order valence-corrected chi connectivity index (χ2v) is 7.29. The van der Waals surface area contributed by atoms with Crippen molar-refractivity contribution in [3.05, 3.63) is 51.7 Å². The van der Waals surface area contributed by atoms with Crippen molar-refractivity contribution < 1.29 is 4.74 Å². The summed E-state index contributed by atoms with van der Waals surface area (Å²) in [7, 11) is 0. The summed E-state index contributed by atoms with van der Waals surface area (Å²) in [5, 5.41) is 9.07. The molecule has 1 unspecified atom stereocenters. The van der Waals surface area contributed by atoms with Crippen LogP contribution < -0.4 is 10.5 Å². The summed E-state index contributed by atoms with van der Waals surface area (Å²) in [6.45, 7) is 4.68. The molecule has 8 heteroatoms. The van der Waals surface area contributed by atoms with Crippen LogP contribution in [0, 0.1) is 6.92 Å². The van der Waals surface area contributed by atoms with Crippen LogP contribution in [0.4, 0.5) is 5.82 Å². The van der Waals surface area contributed by atoms with Gasteiger partial charge in [0.15, 0.2) is 5.65 Å². The zero-order valence-corrected chi connectivity index (χ0v) is 15.3. The SMILES string of the molecule is Cc1cc(N2CCCC2Cn2nc3c(cc2=O)COCC3)n2nccc2n1. The predicted octanol–water partition coefficient (Wildman–Crippen LogP) is 1.34. The molecule has 1 saturated heterocycles. The van der Waals surface area contributed by atoms with E-state index in [0.717, 1.165) is 54.2 Å². The van der Waals surface area contributed by atoms with Gasteiger partial charge in [0, 0.05) is 42.4 Å². The van der Waals surface area contributed by atoms with Crippen molar-refractivity contribution in [1.82, 2.24) is 24.4 Å². The third-order valence-corrected chi connectivity index (χ3v) is 5.43. The number of hydrogen-bond acceptors (Lipinski definition) is 6. The lowest BCUT2D eigenvalue weighted by Crippen LogP contribution is -2.39. The first-order valence-corrected chi connectivity index (χ1v) is 9.45. The Hall–Kier alpha value is -2.74. The molecule has 0 bridgehead atoms. The highest BCUT2D eigenvalue weighted by Crippen LogP contribution is 2.27. The third kappa shape index (κ3) is 2.90. The highest BCUT2D eigenvalue weighted by Gasteiger charge is 2.28. The fraction of sp³-hybridized carbons (Fsp3) is 0.474. The van der Waals surface area contributed by atoms with E-state index in [9.17, 15) is 4.79 Å². The Morgan fingerprint density at radius 2 is 2.26 bits per heavy atom. The number of fused-ring (bicyclic) bond motifs is 2. The summed E-state index contributed by atoms with van der Waals surface area (Å²) < 4.78 is 8.94. The number of nitrogens with zero attached hydrogens (tertiary/aromatic N) is 6. The van der Waals surface area contributed by atoms with Gasteiger partial charge in [-0.1, -0.05) is 0 Å². The zero-order valence-electron chi connectivity index (χ0n) is 15.3. The van der Waals surface area contributed by atoms with Gasteiger partial charge in [-0.15, -0.1) is 0 Å². The molecule has 0 radical (unpaired) electrons. The minimum Gasteiger partial charge on any atom is -0.376 e. The number of ether oxygens (including phenoxy) is 1. The van der Waals surface area contributed by atoms with Gasteiger partial charge in [-0.2, -0.15) is 14.7 Å². The molecule has 0 amide bonds. The third-order valence-electron chi connectivity index (χ3n) is 5.43. The maximum absolute atomic E-state index is 12.5. The van der Waals surface area contributed by atoms with Crippen LogP contribution in [0.1, 0.15) is 29.8 Å². The normalized spacial score (nSPS) is 19.6. The van der Waals surface area contributed by atoms with Crippen LogP contribution in [0.2, 0.25) is 0 Å². The van der Waals surface area contributed by atoms with Crippen LogP contribution in [0.25, 0.3) is 5.65 Å². The minimum atomic E-state index is -0.0544. The van der Waals surface area contributed by atoms with E-state index in [2.05, 4.69) is 26.1 Å². The van der Waals surface area contributed by atoms with E-state index in [4.69, 9.17) is 4.74 Å². The Morgan fingerprint density at radius 3 is 3.19 bits per heavy atom. The topological polar surface area (TPSA) is 77.5 Å². The van der Waals surface area contributed by atoms with Crippen molar-refractivity contribution in [3.8, 4) is 0 Å². The fourth-order valence-corrected chi connectivity index (χ4v) is 4.13. The van der Waals surface area contributed by atoms with Gasteiger partial charge < -0.3 is 9.64 Å². The smallest absolute Gasteiger partial charge is 0.267 e. The molecule has 0 saturated carbocycles. The molecule has 0 N–H and O–H groups in total. The molecule has 0 spiro atoms. The summed E-state index contributed by atoms with van der Waals surface area (Å²) >= 11 is 0. The average Bonchev–Trinajstić information content (AvgIpc) is 3.31. The molecule has 0 aliphatic carbocycles. The Morgan fingerprint density at radius 1 is 1.33 bits per heavy atom. The quantitative estimate of drug-likeness (QED) is 0.696. The van der Waals surface area contributed by atoms with Gasteiger partial charge in [0.1, 0.15) is 5.82 Å². The largest absolute Gasteiger partial charge is 0.376 e. The highest BCUT2D eigenvalue weighted by molar-refractivity contribution is 5.51. The van der Waals surface area contributed by atoms with Gasteiger partial charge in [-0.25, -0.2) is 9.67 Å². The lowest BCUT2D eigenvalue weighted by Gasteiger charge is -2.27. The molecule has 1 fully saturated rings. The predicted molar refractivity (Wildman–Crippen MR) is 99.9 cm³/mol. The second-order valence-electron chi connectivity index (χ2n) is 7.29. The number of anilines is 1. The first-order chi connectivity index (χ1) is 13.2. The van der Waals surface area contributed by atoms with E-state index in [-0.39, 0.29) is 11.6 Å². The monoisotopic (exact) mass is 366 g/mol. The molecule has 0 aromatic carbocycles. The molecule has 27 heavy (non-hydrogen) atoms. The first-order valence-electron chi connectivity index (χ1n) is 9.45. The first kappa shape index (κ1) is 16.4. The second kappa shape index (κ2) is 6.45. The Bertz CT molecular complexity index is 1060. The van der Waals surface area contributed by atoms with E-state index >= 15 is 0 Å². The summed E-state index contributed by atoms with van der Waals surface area (Å²) in [6, 6.07) is 5.88. The lowest BCUT2D eigenvalue weighted by molar-refractivity contribution is 0.108.